The molecule has 0 aliphatic rings. The average Bonchev–Trinajstić information content (AvgIpc) is 2.71. The van der Waals surface area contributed by atoms with Gasteiger partial charge in [0.15, 0.2) is 5.57 Å². The smallest absolute Gasteiger partial charge is 0.268 e. The number of benzene rings is 2. The van der Waals surface area contributed by atoms with Gasteiger partial charge in [-0.15, -0.1) is 11.8 Å². The first-order valence-electron chi connectivity index (χ1n) is 8.07. The second kappa shape index (κ2) is 9.33. The quantitative estimate of drug-likeness (QED) is 0.317. The van der Waals surface area contributed by atoms with Crippen molar-refractivity contribution in [3.63, 3.8) is 0 Å². The summed E-state index contributed by atoms with van der Waals surface area (Å²) in [6.45, 7) is -0.182. The highest BCUT2D eigenvalue weighted by Gasteiger charge is 2.23. The third-order valence-electron chi connectivity index (χ3n) is 4.01. The minimum atomic E-state index is -0.846. The summed E-state index contributed by atoms with van der Waals surface area (Å²) in [6.07, 6.45) is 1.66. The van der Waals surface area contributed by atoms with Crippen molar-refractivity contribution in [2.24, 2.45) is 0 Å². The fourth-order valence-corrected chi connectivity index (χ4v) is 3.26. The highest BCUT2D eigenvalue weighted by molar-refractivity contribution is 7.98. The number of thioether (sulfide) groups is 1. The number of phenols is 1. The van der Waals surface area contributed by atoms with Gasteiger partial charge in [0.1, 0.15) is 29.5 Å². The van der Waals surface area contributed by atoms with Crippen molar-refractivity contribution < 1.29 is 19.4 Å². The van der Waals surface area contributed by atoms with Crippen molar-refractivity contribution in [2.75, 3.05) is 13.3 Å². The number of likely N-dealkylation sites (N-methyl/N-ethyl adjacent to an activating group) is 1. The number of amides is 1. The molecule has 2 aromatic rings. The van der Waals surface area contributed by atoms with E-state index < -0.39 is 23.1 Å². The van der Waals surface area contributed by atoms with Crippen LogP contribution < -0.4 is 0 Å². The van der Waals surface area contributed by atoms with Crippen molar-refractivity contribution in [1.29, 1.82) is 10.5 Å². The highest BCUT2D eigenvalue weighted by Crippen LogP contribution is 2.33. The summed E-state index contributed by atoms with van der Waals surface area (Å²) in [5.41, 5.74) is -0.531. The van der Waals surface area contributed by atoms with Gasteiger partial charge in [-0.2, -0.15) is 10.5 Å². The molecule has 2 aromatic carbocycles. The van der Waals surface area contributed by atoms with E-state index in [0.717, 1.165) is 22.7 Å². The van der Waals surface area contributed by atoms with Gasteiger partial charge in [0.05, 0.1) is 10.5 Å². The van der Waals surface area contributed by atoms with Gasteiger partial charge in [-0.25, -0.2) is 4.39 Å². The number of halogens is 2. The van der Waals surface area contributed by atoms with Crippen molar-refractivity contribution >= 4 is 35.0 Å². The number of hydrogen-bond donors (Lipinski definition) is 2. The maximum Gasteiger partial charge on any atom is 0.268 e. The molecule has 0 aliphatic heterocycles. The van der Waals surface area contributed by atoms with Crippen LogP contribution in [-0.4, -0.2) is 34.3 Å². The molecule has 0 atom stereocenters. The summed E-state index contributed by atoms with van der Waals surface area (Å²) in [5, 5.41) is 39.3. The number of aromatic hydroxyl groups is 1. The molecule has 2 rings (SSSR count). The predicted octanol–water partition coefficient (Wildman–Crippen LogP) is 4.23. The zero-order valence-corrected chi connectivity index (χ0v) is 17.0. The zero-order chi connectivity index (χ0) is 21.7. The lowest BCUT2D eigenvalue weighted by molar-refractivity contribution is -0.126. The molecule has 0 aliphatic carbocycles. The molecule has 0 unspecified atom stereocenters. The van der Waals surface area contributed by atoms with E-state index in [-0.39, 0.29) is 29.0 Å². The number of phenolic OH excluding ortho intramolecular Hbond substituents is 1. The monoisotopic (exact) mass is 431 g/mol. The minimum absolute atomic E-state index is 0.0240. The SMILES string of the molecule is CSc1cc(/C(O)=C(\C#N)C(=O)N(C)Cc2cc(Cl)ccc2F)cc(C#N)c1O. The van der Waals surface area contributed by atoms with Gasteiger partial charge in [-0.1, -0.05) is 11.6 Å². The van der Waals surface area contributed by atoms with E-state index in [9.17, 15) is 24.7 Å². The van der Waals surface area contributed by atoms with Crippen molar-refractivity contribution in [3.8, 4) is 17.9 Å². The van der Waals surface area contributed by atoms with E-state index in [1.54, 1.807) is 18.4 Å². The molecule has 0 bridgehead atoms. The van der Waals surface area contributed by atoms with Crippen LogP contribution in [0, 0.1) is 28.5 Å². The summed E-state index contributed by atoms with van der Waals surface area (Å²) >= 11 is 6.98. The molecule has 0 saturated heterocycles. The maximum absolute atomic E-state index is 13.9. The molecule has 29 heavy (non-hydrogen) atoms. The van der Waals surface area contributed by atoms with Crippen molar-refractivity contribution in [1.82, 2.24) is 4.90 Å². The summed E-state index contributed by atoms with van der Waals surface area (Å²) in [7, 11) is 1.35. The number of carbonyl (C=O) groups excluding carboxylic acids is 1. The number of nitriles is 2. The molecule has 6 nitrogen and oxygen atoms in total. The average molecular weight is 432 g/mol. The molecule has 0 fully saturated rings. The fourth-order valence-electron chi connectivity index (χ4n) is 2.51. The second-order valence-electron chi connectivity index (χ2n) is 5.92. The Morgan fingerprint density at radius 3 is 2.59 bits per heavy atom. The molecule has 0 heterocycles. The first-order chi connectivity index (χ1) is 13.7. The topological polar surface area (TPSA) is 108 Å². The van der Waals surface area contributed by atoms with Gasteiger partial charge >= 0.3 is 0 Å². The Hall–Kier alpha value is -3.20. The fraction of sp³-hybridized carbons (Fsp3) is 0.150. The Bertz CT molecular complexity index is 1090. The van der Waals surface area contributed by atoms with E-state index in [4.69, 9.17) is 16.9 Å². The number of hydrogen-bond acceptors (Lipinski definition) is 6. The Morgan fingerprint density at radius 2 is 2.00 bits per heavy atom. The molecule has 0 radical (unpaired) electrons. The van der Waals surface area contributed by atoms with E-state index >= 15 is 0 Å². The number of carbonyl (C=O) groups is 1. The first-order valence-corrected chi connectivity index (χ1v) is 9.67. The summed E-state index contributed by atoms with van der Waals surface area (Å²) < 4.78 is 13.9. The lowest BCUT2D eigenvalue weighted by Gasteiger charge is -2.18. The van der Waals surface area contributed by atoms with Gasteiger partial charge < -0.3 is 15.1 Å². The van der Waals surface area contributed by atoms with Crippen molar-refractivity contribution in [3.05, 3.63) is 63.4 Å². The third kappa shape index (κ3) is 4.80. The normalized spacial score (nSPS) is 11.2. The van der Waals surface area contributed by atoms with Crippen LogP contribution in [-0.2, 0) is 11.3 Å². The van der Waals surface area contributed by atoms with Gasteiger partial charge in [-0.05, 0) is 36.6 Å². The van der Waals surface area contributed by atoms with E-state index in [2.05, 4.69) is 0 Å². The molecule has 0 saturated carbocycles. The lowest BCUT2D eigenvalue weighted by Crippen LogP contribution is -2.28. The molecule has 9 heteroatoms. The van der Waals surface area contributed by atoms with Crippen LogP contribution >= 0.6 is 23.4 Å². The van der Waals surface area contributed by atoms with E-state index in [0.29, 0.717) is 9.92 Å². The van der Waals surface area contributed by atoms with Crippen LogP contribution in [0.25, 0.3) is 5.76 Å². The minimum Gasteiger partial charge on any atom is -0.506 e. The standard InChI is InChI=1S/C20H15ClFN3O3S/c1-25(10-13-6-14(21)3-4-16(13)22)20(28)15(9-24)18(26)11-5-12(8-23)19(27)17(7-11)29-2/h3-7,26-27H,10H2,1-2H3/b18-15-. The van der Waals surface area contributed by atoms with E-state index in [1.165, 1.54) is 31.3 Å². The summed E-state index contributed by atoms with van der Waals surface area (Å²) in [4.78, 5) is 14.0. The number of aliphatic hydroxyl groups excluding tert-OH is 1. The largest absolute Gasteiger partial charge is 0.506 e. The van der Waals surface area contributed by atoms with Gasteiger partial charge in [0, 0.05) is 29.7 Å². The lowest BCUT2D eigenvalue weighted by atomic mass is 10.0. The Labute approximate surface area is 176 Å². The van der Waals surface area contributed by atoms with E-state index in [1.807, 2.05) is 0 Å². The van der Waals surface area contributed by atoms with Crippen LogP contribution in [0.1, 0.15) is 16.7 Å². The van der Waals surface area contributed by atoms with Crippen LogP contribution in [0.4, 0.5) is 4.39 Å². The van der Waals surface area contributed by atoms with Crippen LogP contribution in [0.2, 0.25) is 5.02 Å². The molecule has 2 N–H and O–H groups in total. The van der Waals surface area contributed by atoms with Gasteiger partial charge in [-0.3, -0.25) is 4.79 Å². The number of nitrogens with zero attached hydrogens (tertiary/aromatic N) is 3. The Morgan fingerprint density at radius 1 is 1.31 bits per heavy atom. The Balaban J connectivity index is 2.44. The highest BCUT2D eigenvalue weighted by atomic mass is 35.5. The predicted molar refractivity (Wildman–Crippen MR) is 108 cm³/mol. The number of rotatable bonds is 5. The van der Waals surface area contributed by atoms with Gasteiger partial charge in [0.25, 0.3) is 5.91 Å². The molecular weight excluding hydrogens is 417 g/mol. The van der Waals surface area contributed by atoms with Crippen LogP contribution in [0.3, 0.4) is 0 Å². The molecule has 0 spiro atoms. The zero-order valence-electron chi connectivity index (χ0n) is 15.4. The number of aliphatic hydroxyl groups is 1. The van der Waals surface area contributed by atoms with Gasteiger partial charge in [0.2, 0.25) is 0 Å². The molecular formula is C20H15ClFN3O3S. The molecule has 0 aromatic heterocycles. The molecule has 1 amide bonds. The van der Waals surface area contributed by atoms with Crippen LogP contribution in [0.5, 0.6) is 5.75 Å². The summed E-state index contributed by atoms with van der Waals surface area (Å²) in [6, 6.07) is 9.87. The second-order valence-corrected chi connectivity index (χ2v) is 7.20. The first kappa shape index (κ1) is 22.1. The third-order valence-corrected chi connectivity index (χ3v) is 5.00. The maximum atomic E-state index is 13.9. The Kier molecular flexibility index (Phi) is 7.11. The van der Waals surface area contributed by atoms with Crippen LogP contribution in [0.15, 0.2) is 40.8 Å². The molecule has 148 valence electrons. The van der Waals surface area contributed by atoms with Crippen molar-refractivity contribution in [2.45, 2.75) is 11.4 Å². The summed E-state index contributed by atoms with van der Waals surface area (Å²) in [5.74, 6) is -2.32.